The molecular weight excluding hydrogens is 322 g/mol. The number of hydrogen-bond donors (Lipinski definition) is 2. The van der Waals surface area contributed by atoms with Crippen molar-refractivity contribution in [3.63, 3.8) is 0 Å². The summed E-state index contributed by atoms with van der Waals surface area (Å²) < 4.78 is 0. The molecule has 0 aromatic carbocycles. The number of hydrogen-bond acceptors (Lipinski definition) is 6. The first-order valence-corrected chi connectivity index (χ1v) is 8.76. The second kappa shape index (κ2) is 6.53. The summed E-state index contributed by atoms with van der Waals surface area (Å²) in [6.07, 6.45) is 2.92. The van der Waals surface area contributed by atoms with Crippen molar-refractivity contribution in [2.45, 2.75) is 25.7 Å². The normalized spacial score (nSPS) is 21.5. The molecule has 0 radical (unpaired) electrons. The zero-order valence-corrected chi connectivity index (χ0v) is 13.3. The van der Waals surface area contributed by atoms with Gasteiger partial charge in [-0.3, -0.25) is 9.59 Å². The van der Waals surface area contributed by atoms with Gasteiger partial charge in [-0.15, -0.1) is 21.5 Å². The van der Waals surface area contributed by atoms with Crippen molar-refractivity contribution in [2.75, 3.05) is 5.32 Å². The zero-order valence-electron chi connectivity index (χ0n) is 11.7. The standard InChI is InChI=1S/C14H15N3O3S2/c18-11(8-4-1-2-5-9(8)13(19)20)15-14-17-16-12(22-14)10-6-3-7-21-10/h3,6-9H,1-2,4-5H2,(H,19,20)(H,15,17,18)/t8-,9-/m1/s1. The molecule has 1 saturated carbocycles. The molecule has 2 N–H and O–H groups in total. The lowest BCUT2D eigenvalue weighted by Crippen LogP contribution is -2.36. The maximum atomic E-state index is 12.3. The van der Waals surface area contributed by atoms with E-state index in [-0.39, 0.29) is 5.91 Å². The number of nitrogens with one attached hydrogen (secondary N) is 1. The van der Waals surface area contributed by atoms with Gasteiger partial charge in [0.1, 0.15) is 0 Å². The summed E-state index contributed by atoms with van der Waals surface area (Å²) in [6, 6.07) is 3.87. The van der Waals surface area contributed by atoms with Gasteiger partial charge in [0, 0.05) is 0 Å². The highest BCUT2D eigenvalue weighted by Gasteiger charge is 2.36. The smallest absolute Gasteiger partial charge is 0.307 e. The van der Waals surface area contributed by atoms with Gasteiger partial charge in [-0.25, -0.2) is 0 Å². The third kappa shape index (κ3) is 3.17. The molecule has 0 saturated heterocycles. The summed E-state index contributed by atoms with van der Waals surface area (Å²) >= 11 is 2.86. The van der Waals surface area contributed by atoms with Gasteiger partial charge in [-0.2, -0.15) is 0 Å². The van der Waals surface area contributed by atoms with E-state index in [2.05, 4.69) is 15.5 Å². The topological polar surface area (TPSA) is 92.2 Å². The molecule has 1 aliphatic carbocycles. The molecule has 1 aliphatic rings. The van der Waals surface area contributed by atoms with Crippen molar-refractivity contribution in [2.24, 2.45) is 11.8 Å². The molecule has 0 aliphatic heterocycles. The first kappa shape index (κ1) is 15.1. The van der Waals surface area contributed by atoms with Crippen LogP contribution in [-0.2, 0) is 9.59 Å². The average molecular weight is 337 g/mol. The Morgan fingerprint density at radius 1 is 1.23 bits per heavy atom. The molecule has 2 atom stereocenters. The van der Waals surface area contributed by atoms with Crippen molar-refractivity contribution in [3.8, 4) is 9.88 Å². The molecular formula is C14H15N3O3S2. The van der Waals surface area contributed by atoms with Crippen LogP contribution >= 0.6 is 22.7 Å². The van der Waals surface area contributed by atoms with Gasteiger partial charge in [0.15, 0.2) is 5.01 Å². The van der Waals surface area contributed by atoms with Gasteiger partial charge in [-0.1, -0.05) is 30.2 Å². The predicted octanol–water partition coefficient (Wildman–Crippen LogP) is 3.10. The Kier molecular flexibility index (Phi) is 4.49. The lowest BCUT2D eigenvalue weighted by molar-refractivity contribution is -0.147. The third-order valence-electron chi connectivity index (χ3n) is 3.81. The number of carboxylic acids is 1. The molecule has 2 aromatic rings. The van der Waals surface area contributed by atoms with E-state index in [9.17, 15) is 14.7 Å². The Morgan fingerprint density at radius 2 is 2.00 bits per heavy atom. The van der Waals surface area contributed by atoms with Crippen LogP contribution in [0.4, 0.5) is 5.13 Å². The van der Waals surface area contributed by atoms with Crippen LogP contribution < -0.4 is 5.32 Å². The molecule has 6 nitrogen and oxygen atoms in total. The molecule has 0 bridgehead atoms. The minimum atomic E-state index is -0.892. The first-order chi connectivity index (χ1) is 10.6. The van der Waals surface area contributed by atoms with Gasteiger partial charge in [0.05, 0.1) is 16.7 Å². The molecule has 3 rings (SSSR count). The zero-order chi connectivity index (χ0) is 15.5. The summed E-state index contributed by atoms with van der Waals surface area (Å²) in [7, 11) is 0. The average Bonchev–Trinajstić information content (AvgIpc) is 3.17. The molecule has 22 heavy (non-hydrogen) atoms. The highest BCUT2D eigenvalue weighted by atomic mass is 32.1. The Bertz CT molecular complexity index is 669. The highest BCUT2D eigenvalue weighted by molar-refractivity contribution is 7.23. The maximum absolute atomic E-state index is 12.3. The molecule has 0 unspecified atom stereocenters. The van der Waals surface area contributed by atoms with Gasteiger partial charge < -0.3 is 10.4 Å². The summed E-state index contributed by atoms with van der Waals surface area (Å²) in [5.41, 5.74) is 0. The van der Waals surface area contributed by atoms with Crippen LogP contribution in [0.2, 0.25) is 0 Å². The molecule has 8 heteroatoms. The number of amides is 1. The highest BCUT2D eigenvalue weighted by Crippen LogP contribution is 2.33. The molecule has 1 fully saturated rings. The summed E-state index contributed by atoms with van der Waals surface area (Å²) in [4.78, 5) is 24.6. The van der Waals surface area contributed by atoms with Gasteiger partial charge in [-0.05, 0) is 24.3 Å². The summed E-state index contributed by atoms with van der Waals surface area (Å²) in [5, 5.41) is 23.1. The van der Waals surface area contributed by atoms with Crippen molar-refractivity contribution in [3.05, 3.63) is 17.5 Å². The van der Waals surface area contributed by atoms with E-state index < -0.39 is 17.8 Å². The van der Waals surface area contributed by atoms with Crippen LogP contribution in [0.1, 0.15) is 25.7 Å². The maximum Gasteiger partial charge on any atom is 0.307 e. The van der Waals surface area contributed by atoms with E-state index in [4.69, 9.17) is 0 Å². The minimum absolute atomic E-state index is 0.263. The fourth-order valence-corrected chi connectivity index (χ4v) is 4.25. The third-order valence-corrected chi connectivity index (χ3v) is 5.68. The number of aromatic nitrogens is 2. The number of rotatable bonds is 4. The fraction of sp³-hybridized carbons (Fsp3) is 0.429. The SMILES string of the molecule is O=C(O)[C@@H]1CCCC[C@H]1C(=O)Nc1nnc(-c2cccs2)s1. The van der Waals surface area contributed by atoms with Crippen LogP contribution in [0.15, 0.2) is 17.5 Å². The van der Waals surface area contributed by atoms with E-state index in [0.29, 0.717) is 18.0 Å². The van der Waals surface area contributed by atoms with E-state index in [0.717, 1.165) is 22.7 Å². The fourth-order valence-electron chi connectivity index (χ4n) is 2.71. The van der Waals surface area contributed by atoms with E-state index in [1.165, 1.54) is 11.3 Å². The molecule has 0 spiro atoms. The Balaban J connectivity index is 1.70. The van der Waals surface area contributed by atoms with Gasteiger partial charge in [0.2, 0.25) is 11.0 Å². The lowest BCUT2D eigenvalue weighted by Gasteiger charge is -2.26. The second-order valence-electron chi connectivity index (χ2n) is 5.21. The number of carbonyl (C=O) groups is 2. The number of carbonyl (C=O) groups excluding carboxylic acids is 1. The van der Waals surface area contributed by atoms with Gasteiger partial charge >= 0.3 is 5.97 Å². The van der Waals surface area contributed by atoms with Crippen LogP contribution in [-0.4, -0.2) is 27.2 Å². The minimum Gasteiger partial charge on any atom is -0.481 e. The largest absolute Gasteiger partial charge is 0.481 e. The van der Waals surface area contributed by atoms with E-state index in [1.807, 2.05) is 17.5 Å². The molecule has 2 aromatic heterocycles. The van der Waals surface area contributed by atoms with Crippen LogP contribution in [0.5, 0.6) is 0 Å². The van der Waals surface area contributed by atoms with E-state index in [1.54, 1.807) is 11.3 Å². The van der Waals surface area contributed by atoms with Crippen LogP contribution in [0.3, 0.4) is 0 Å². The van der Waals surface area contributed by atoms with Crippen LogP contribution in [0, 0.1) is 11.8 Å². The number of nitrogens with zero attached hydrogens (tertiary/aromatic N) is 2. The monoisotopic (exact) mass is 337 g/mol. The molecule has 1 amide bonds. The number of thiophene rings is 1. The Labute approximate surface area is 135 Å². The summed E-state index contributed by atoms with van der Waals surface area (Å²) in [6.45, 7) is 0. The van der Waals surface area contributed by atoms with Crippen molar-refractivity contribution in [1.82, 2.24) is 10.2 Å². The Morgan fingerprint density at radius 3 is 2.68 bits per heavy atom. The molecule has 116 valence electrons. The lowest BCUT2D eigenvalue weighted by atomic mass is 9.79. The quantitative estimate of drug-likeness (QED) is 0.894. The molecule has 2 heterocycles. The number of carboxylic acid groups (broad SMARTS) is 1. The number of anilines is 1. The first-order valence-electron chi connectivity index (χ1n) is 7.06. The second-order valence-corrected chi connectivity index (χ2v) is 7.14. The van der Waals surface area contributed by atoms with Crippen molar-refractivity contribution < 1.29 is 14.7 Å². The van der Waals surface area contributed by atoms with Crippen molar-refractivity contribution in [1.29, 1.82) is 0 Å². The van der Waals surface area contributed by atoms with Crippen LogP contribution in [0.25, 0.3) is 9.88 Å². The van der Waals surface area contributed by atoms with E-state index >= 15 is 0 Å². The van der Waals surface area contributed by atoms with Gasteiger partial charge in [0.25, 0.3) is 0 Å². The van der Waals surface area contributed by atoms with Crippen molar-refractivity contribution >= 4 is 39.7 Å². The predicted molar refractivity (Wildman–Crippen MR) is 84.9 cm³/mol. The Hall–Kier alpha value is -1.80. The number of aliphatic carboxylic acids is 1. The summed E-state index contributed by atoms with van der Waals surface area (Å²) in [5.74, 6) is -2.24.